The average molecular weight is 266 g/mol. The summed E-state index contributed by atoms with van der Waals surface area (Å²) in [6, 6.07) is 17.7. The molecule has 2 aromatic carbocycles. The lowest BCUT2D eigenvalue weighted by atomic mass is 9.96. The van der Waals surface area contributed by atoms with Gasteiger partial charge in [-0.05, 0) is 49.3 Å². The van der Waals surface area contributed by atoms with Crippen LogP contribution in [-0.2, 0) is 24.0 Å². The van der Waals surface area contributed by atoms with Crippen molar-refractivity contribution in [3.05, 3.63) is 70.8 Å². The third-order valence-electron chi connectivity index (χ3n) is 4.02. The number of ether oxygens (including phenoxy) is 1. The topological polar surface area (TPSA) is 12.5 Å². The second kappa shape index (κ2) is 6.23. The molecule has 3 rings (SSSR count). The first kappa shape index (κ1) is 13.4. The summed E-state index contributed by atoms with van der Waals surface area (Å²) >= 11 is 0. The molecule has 1 fully saturated rings. The Morgan fingerprint density at radius 2 is 1.70 bits per heavy atom. The molecule has 1 unspecified atom stereocenters. The SMILES string of the molecule is Cc1cccc(CCc2ccccc2CCC2CO2)c1. The van der Waals surface area contributed by atoms with E-state index in [2.05, 4.69) is 55.5 Å². The fourth-order valence-corrected chi connectivity index (χ4v) is 2.74. The van der Waals surface area contributed by atoms with Crippen molar-refractivity contribution in [2.24, 2.45) is 0 Å². The average Bonchev–Trinajstić information content (AvgIpc) is 3.28. The highest BCUT2D eigenvalue weighted by Crippen LogP contribution is 2.20. The Labute approximate surface area is 121 Å². The lowest BCUT2D eigenvalue weighted by Crippen LogP contribution is -1.99. The van der Waals surface area contributed by atoms with Crippen LogP contribution in [0.3, 0.4) is 0 Å². The van der Waals surface area contributed by atoms with Gasteiger partial charge < -0.3 is 4.74 Å². The van der Waals surface area contributed by atoms with Crippen molar-refractivity contribution in [1.29, 1.82) is 0 Å². The third kappa shape index (κ3) is 3.71. The Morgan fingerprint density at radius 3 is 2.40 bits per heavy atom. The highest BCUT2D eigenvalue weighted by atomic mass is 16.6. The van der Waals surface area contributed by atoms with E-state index in [0.29, 0.717) is 6.10 Å². The van der Waals surface area contributed by atoms with E-state index in [0.717, 1.165) is 25.9 Å². The summed E-state index contributed by atoms with van der Waals surface area (Å²) in [5, 5.41) is 0. The van der Waals surface area contributed by atoms with Gasteiger partial charge in [-0.2, -0.15) is 0 Å². The Bertz CT molecular complexity index is 569. The molecular formula is C19H22O. The minimum atomic E-state index is 0.528. The van der Waals surface area contributed by atoms with Gasteiger partial charge in [0.15, 0.2) is 0 Å². The van der Waals surface area contributed by atoms with Gasteiger partial charge in [-0.3, -0.25) is 0 Å². The van der Waals surface area contributed by atoms with Crippen LogP contribution in [0.1, 0.15) is 28.7 Å². The first-order valence-electron chi connectivity index (χ1n) is 7.55. The van der Waals surface area contributed by atoms with Crippen LogP contribution < -0.4 is 0 Å². The molecule has 0 amide bonds. The number of aryl methyl sites for hydroxylation is 4. The molecule has 1 nitrogen and oxygen atoms in total. The van der Waals surface area contributed by atoms with Gasteiger partial charge in [0.2, 0.25) is 0 Å². The van der Waals surface area contributed by atoms with E-state index in [1.54, 1.807) is 0 Å². The molecule has 1 aliphatic heterocycles. The monoisotopic (exact) mass is 266 g/mol. The number of hydrogen-bond acceptors (Lipinski definition) is 1. The quantitative estimate of drug-likeness (QED) is 0.717. The summed E-state index contributed by atoms with van der Waals surface area (Å²) in [4.78, 5) is 0. The lowest BCUT2D eigenvalue weighted by molar-refractivity contribution is 0.396. The smallest absolute Gasteiger partial charge is 0.0813 e. The molecule has 0 N–H and O–H groups in total. The largest absolute Gasteiger partial charge is 0.373 e. The zero-order chi connectivity index (χ0) is 13.8. The molecule has 1 saturated heterocycles. The first-order valence-corrected chi connectivity index (χ1v) is 7.55. The molecule has 0 spiro atoms. The molecule has 104 valence electrons. The molecule has 1 heterocycles. The van der Waals surface area contributed by atoms with Gasteiger partial charge in [-0.25, -0.2) is 0 Å². The first-order chi connectivity index (χ1) is 9.81. The molecular weight excluding hydrogens is 244 g/mol. The molecule has 0 bridgehead atoms. The van der Waals surface area contributed by atoms with E-state index in [1.165, 1.54) is 28.7 Å². The van der Waals surface area contributed by atoms with Crippen LogP contribution in [0.15, 0.2) is 48.5 Å². The Morgan fingerprint density at radius 1 is 0.950 bits per heavy atom. The van der Waals surface area contributed by atoms with Gasteiger partial charge in [0, 0.05) is 0 Å². The predicted octanol–water partition coefficient (Wildman–Crippen LogP) is 4.11. The van der Waals surface area contributed by atoms with Crippen LogP contribution in [0.4, 0.5) is 0 Å². The van der Waals surface area contributed by atoms with E-state index in [4.69, 9.17) is 4.74 Å². The van der Waals surface area contributed by atoms with Crippen molar-refractivity contribution < 1.29 is 4.74 Å². The van der Waals surface area contributed by atoms with Gasteiger partial charge in [0.25, 0.3) is 0 Å². The normalized spacial score (nSPS) is 17.1. The minimum absolute atomic E-state index is 0.528. The molecule has 0 aliphatic carbocycles. The van der Waals surface area contributed by atoms with Crippen molar-refractivity contribution >= 4 is 0 Å². The van der Waals surface area contributed by atoms with Crippen LogP contribution in [-0.4, -0.2) is 12.7 Å². The zero-order valence-electron chi connectivity index (χ0n) is 12.1. The van der Waals surface area contributed by atoms with E-state index in [-0.39, 0.29) is 0 Å². The van der Waals surface area contributed by atoms with Crippen molar-refractivity contribution in [3.8, 4) is 0 Å². The van der Waals surface area contributed by atoms with Gasteiger partial charge in [-0.1, -0.05) is 54.1 Å². The highest BCUT2D eigenvalue weighted by Gasteiger charge is 2.21. The zero-order valence-corrected chi connectivity index (χ0v) is 12.1. The van der Waals surface area contributed by atoms with E-state index >= 15 is 0 Å². The van der Waals surface area contributed by atoms with Gasteiger partial charge >= 0.3 is 0 Å². The van der Waals surface area contributed by atoms with Crippen LogP contribution in [0.5, 0.6) is 0 Å². The van der Waals surface area contributed by atoms with E-state index in [9.17, 15) is 0 Å². The van der Waals surface area contributed by atoms with Crippen LogP contribution in [0.2, 0.25) is 0 Å². The van der Waals surface area contributed by atoms with Crippen molar-refractivity contribution in [2.75, 3.05) is 6.61 Å². The molecule has 0 saturated carbocycles. The summed E-state index contributed by atoms with van der Waals surface area (Å²) in [7, 11) is 0. The van der Waals surface area contributed by atoms with Crippen LogP contribution >= 0.6 is 0 Å². The Hall–Kier alpha value is -1.60. The summed E-state index contributed by atoms with van der Waals surface area (Å²) in [5.41, 5.74) is 5.78. The number of epoxide rings is 1. The molecule has 1 heteroatoms. The fraction of sp³-hybridized carbons (Fsp3) is 0.368. The molecule has 20 heavy (non-hydrogen) atoms. The standard InChI is InChI=1S/C19H22O/c1-15-5-4-6-16(13-15)9-10-17-7-2-3-8-18(17)11-12-19-14-20-19/h2-8,13,19H,9-12,14H2,1H3. The summed E-state index contributed by atoms with van der Waals surface area (Å²) < 4.78 is 5.31. The van der Waals surface area contributed by atoms with Gasteiger partial charge in [0.1, 0.15) is 0 Å². The molecule has 1 aliphatic rings. The fourth-order valence-electron chi connectivity index (χ4n) is 2.74. The third-order valence-corrected chi connectivity index (χ3v) is 4.02. The number of hydrogen-bond donors (Lipinski definition) is 0. The van der Waals surface area contributed by atoms with E-state index in [1.807, 2.05) is 0 Å². The minimum Gasteiger partial charge on any atom is -0.373 e. The van der Waals surface area contributed by atoms with Crippen LogP contribution in [0.25, 0.3) is 0 Å². The molecule has 2 aromatic rings. The second-order valence-corrected chi connectivity index (χ2v) is 5.75. The van der Waals surface area contributed by atoms with Crippen molar-refractivity contribution in [1.82, 2.24) is 0 Å². The number of rotatable bonds is 6. The Balaban J connectivity index is 1.63. The maximum Gasteiger partial charge on any atom is 0.0813 e. The molecule has 1 atom stereocenters. The van der Waals surface area contributed by atoms with E-state index < -0.39 is 0 Å². The number of benzene rings is 2. The maximum absolute atomic E-state index is 5.31. The summed E-state index contributed by atoms with van der Waals surface area (Å²) in [5.74, 6) is 0. The van der Waals surface area contributed by atoms with Crippen LogP contribution in [0, 0.1) is 6.92 Å². The maximum atomic E-state index is 5.31. The Kier molecular flexibility index (Phi) is 4.17. The van der Waals surface area contributed by atoms with Crippen molar-refractivity contribution in [3.63, 3.8) is 0 Å². The molecule has 0 radical (unpaired) electrons. The van der Waals surface area contributed by atoms with Gasteiger partial charge in [-0.15, -0.1) is 0 Å². The molecule has 0 aromatic heterocycles. The van der Waals surface area contributed by atoms with Crippen molar-refractivity contribution in [2.45, 2.75) is 38.7 Å². The summed E-state index contributed by atoms with van der Waals surface area (Å²) in [6.07, 6.45) is 5.10. The highest BCUT2D eigenvalue weighted by molar-refractivity contribution is 5.29. The summed E-state index contributed by atoms with van der Waals surface area (Å²) in [6.45, 7) is 3.12. The van der Waals surface area contributed by atoms with Gasteiger partial charge in [0.05, 0.1) is 12.7 Å². The predicted molar refractivity (Wildman–Crippen MR) is 83.1 cm³/mol. The lowest BCUT2D eigenvalue weighted by Gasteiger charge is -2.09. The second-order valence-electron chi connectivity index (χ2n) is 5.75.